The summed E-state index contributed by atoms with van der Waals surface area (Å²) in [5.41, 5.74) is 0.677. The highest BCUT2D eigenvalue weighted by Crippen LogP contribution is 2.17. The lowest BCUT2D eigenvalue weighted by Crippen LogP contribution is -2.37. The molecule has 0 saturated carbocycles. The summed E-state index contributed by atoms with van der Waals surface area (Å²) in [5, 5.41) is 16.3. The number of halogens is 1. The standard InChI is InChI=1S/C14H15FN2O3/c1-8-7-12(17-20-8)14(19)16-9(2)13(18)10-3-5-11(15)6-4-10/h3-7,9,13,18H,1-2H3,(H,16,19). The number of hydrogen-bond donors (Lipinski definition) is 2. The Bertz CT molecular complexity index is 595. The Morgan fingerprint density at radius 3 is 2.60 bits per heavy atom. The fraction of sp³-hybridized carbons (Fsp3) is 0.286. The van der Waals surface area contributed by atoms with Crippen molar-refractivity contribution in [1.82, 2.24) is 10.5 Å². The molecule has 1 aromatic heterocycles. The van der Waals surface area contributed by atoms with Crippen molar-refractivity contribution in [2.75, 3.05) is 0 Å². The first-order chi connectivity index (χ1) is 9.47. The van der Waals surface area contributed by atoms with Gasteiger partial charge < -0.3 is 14.9 Å². The van der Waals surface area contributed by atoms with Gasteiger partial charge in [0.1, 0.15) is 11.6 Å². The zero-order chi connectivity index (χ0) is 14.7. The van der Waals surface area contributed by atoms with E-state index < -0.39 is 18.1 Å². The lowest BCUT2D eigenvalue weighted by molar-refractivity contribution is 0.0843. The van der Waals surface area contributed by atoms with Gasteiger partial charge in [-0.25, -0.2) is 4.39 Å². The Kier molecular flexibility index (Phi) is 4.14. The largest absolute Gasteiger partial charge is 0.386 e. The van der Waals surface area contributed by atoms with Crippen LogP contribution in [0.1, 0.15) is 34.8 Å². The van der Waals surface area contributed by atoms with Crippen LogP contribution in [0.5, 0.6) is 0 Å². The van der Waals surface area contributed by atoms with Gasteiger partial charge in [-0.05, 0) is 31.5 Å². The van der Waals surface area contributed by atoms with Crippen LogP contribution < -0.4 is 5.32 Å². The van der Waals surface area contributed by atoms with Crippen LogP contribution in [0.3, 0.4) is 0 Å². The van der Waals surface area contributed by atoms with Gasteiger partial charge in [-0.3, -0.25) is 4.79 Å². The molecule has 2 aromatic rings. The molecule has 6 heteroatoms. The number of nitrogens with one attached hydrogen (secondary N) is 1. The number of carbonyl (C=O) groups excluding carboxylic acids is 1. The number of nitrogens with zero attached hydrogens (tertiary/aromatic N) is 1. The molecule has 0 saturated heterocycles. The smallest absolute Gasteiger partial charge is 0.273 e. The summed E-state index contributed by atoms with van der Waals surface area (Å²) in [6, 6.07) is 6.42. The zero-order valence-corrected chi connectivity index (χ0v) is 11.1. The molecule has 5 nitrogen and oxygen atoms in total. The van der Waals surface area contributed by atoms with Crippen molar-refractivity contribution in [3.63, 3.8) is 0 Å². The molecular weight excluding hydrogens is 263 g/mol. The molecule has 0 fully saturated rings. The van der Waals surface area contributed by atoms with Gasteiger partial charge in [0.25, 0.3) is 5.91 Å². The summed E-state index contributed by atoms with van der Waals surface area (Å²) in [7, 11) is 0. The monoisotopic (exact) mass is 278 g/mol. The van der Waals surface area contributed by atoms with E-state index in [0.717, 1.165) is 0 Å². The molecule has 2 N–H and O–H groups in total. The third-order valence-corrected chi connectivity index (χ3v) is 2.90. The van der Waals surface area contributed by atoms with Crippen LogP contribution in [-0.2, 0) is 0 Å². The van der Waals surface area contributed by atoms with E-state index in [0.29, 0.717) is 11.3 Å². The minimum Gasteiger partial charge on any atom is -0.386 e. The molecule has 1 aromatic carbocycles. The fourth-order valence-corrected chi connectivity index (χ4v) is 1.78. The number of carbonyl (C=O) groups is 1. The van der Waals surface area contributed by atoms with Crippen molar-refractivity contribution in [2.45, 2.75) is 26.0 Å². The molecule has 0 spiro atoms. The molecule has 1 amide bonds. The Hall–Kier alpha value is -2.21. The molecular formula is C14H15FN2O3. The molecule has 1 heterocycles. The molecule has 106 valence electrons. The highest BCUT2D eigenvalue weighted by Gasteiger charge is 2.20. The van der Waals surface area contributed by atoms with E-state index >= 15 is 0 Å². The minimum absolute atomic E-state index is 0.153. The highest BCUT2D eigenvalue weighted by atomic mass is 19.1. The summed E-state index contributed by atoms with van der Waals surface area (Å²) in [4.78, 5) is 11.9. The van der Waals surface area contributed by atoms with Crippen LogP contribution in [-0.4, -0.2) is 22.2 Å². The summed E-state index contributed by atoms with van der Waals surface area (Å²) >= 11 is 0. The first-order valence-corrected chi connectivity index (χ1v) is 6.15. The van der Waals surface area contributed by atoms with Crippen LogP contribution in [0.25, 0.3) is 0 Å². The van der Waals surface area contributed by atoms with Gasteiger partial charge in [-0.15, -0.1) is 0 Å². The number of aryl methyl sites for hydroxylation is 1. The number of benzene rings is 1. The molecule has 2 atom stereocenters. The van der Waals surface area contributed by atoms with Crippen molar-refractivity contribution < 1.29 is 18.8 Å². The number of aromatic nitrogens is 1. The van der Waals surface area contributed by atoms with Gasteiger partial charge in [-0.1, -0.05) is 17.3 Å². The second-order valence-corrected chi connectivity index (χ2v) is 4.58. The topological polar surface area (TPSA) is 75.4 Å². The lowest BCUT2D eigenvalue weighted by atomic mass is 10.0. The average Bonchev–Trinajstić information content (AvgIpc) is 2.85. The summed E-state index contributed by atoms with van der Waals surface area (Å²) in [6.45, 7) is 3.33. The van der Waals surface area contributed by atoms with Crippen molar-refractivity contribution >= 4 is 5.91 Å². The maximum absolute atomic E-state index is 12.8. The van der Waals surface area contributed by atoms with Crippen molar-refractivity contribution in [2.24, 2.45) is 0 Å². The van der Waals surface area contributed by atoms with E-state index in [1.54, 1.807) is 13.8 Å². The Labute approximate surface area is 115 Å². The van der Waals surface area contributed by atoms with Gasteiger partial charge in [-0.2, -0.15) is 0 Å². The Morgan fingerprint density at radius 1 is 1.40 bits per heavy atom. The summed E-state index contributed by atoms with van der Waals surface area (Å²) in [5.74, 6) is -0.284. The first-order valence-electron chi connectivity index (χ1n) is 6.15. The predicted octanol–water partition coefficient (Wildman–Crippen LogP) is 1.97. The molecule has 0 aliphatic heterocycles. The fourth-order valence-electron chi connectivity index (χ4n) is 1.78. The van der Waals surface area contributed by atoms with Gasteiger partial charge in [0.15, 0.2) is 5.69 Å². The quantitative estimate of drug-likeness (QED) is 0.896. The molecule has 20 heavy (non-hydrogen) atoms. The number of aliphatic hydroxyl groups is 1. The maximum Gasteiger partial charge on any atom is 0.273 e. The van der Waals surface area contributed by atoms with Crippen LogP contribution in [0.15, 0.2) is 34.9 Å². The number of hydrogen-bond acceptors (Lipinski definition) is 4. The van der Waals surface area contributed by atoms with Gasteiger partial charge >= 0.3 is 0 Å². The Balaban J connectivity index is 2.02. The molecule has 0 bridgehead atoms. The van der Waals surface area contributed by atoms with Crippen molar-refractivity contribution in [1.29, 1.82) is 0 Å². The van der Waals surface area contributed by atoms with Crippen molar-refractivity contribution in [3.05, 3.63) is 53.2 Å². The van der Waals surface area contributed by atoms with E-state index in [2.05, 4.69) is 10.5 Å². The van der Waals surface area contributed by atoms with Crippen LogP contribution in [0, 0.1) is 12.7 Å². The minimum atomic E-state index is -0.937. The average molecular weight is 278 g/mol. The third-order valence-electron chi connectivity index (χ3n) is 2.90. The van der Waals surface area contributed by atoms with E-state index in [1.807, 2.05) is 0 Å². The van der Waals surface area contributed by atoms with Crippen LogP contribution in [0.4, 0.5) is 4.39 Å². The first kappa shape index (κ1) is 14.2. The van der Waals surface area contributed by atoms with E-state index in [9.17, 15) is 14.3 Å². The Morgan fingerprint density at radius 2 is 2.05 bits per heavy atom. The van der Waals surface area contributed by atoms with Crippen LogP contribution in [0.2, 0.25) is 0 Å². The number of amides is 1. The number of aliphatic hydroxyl groups excluding tert-OH is 1. The van der Waals surface area contributed by atoms with E-state index in [1.165, 1.54) is 30.3 Å². The zero-order valence-electron chi connectivity index (χ0n) is 11.1. The summed E-state index contributed by atoms with van der Waals surface area (Å²) < 4.78 is 17.6. The molecule has 0 radical (unpaired) electrons. The molecule has 0 aliphatic rings. The second-order valence-electron chi connectivity index (χ2n) is 4.58. The predicted molar refractivity (Wildman–Crippen MR) is 69.5 cm³/mol. The van der Waals surface area contributed by atoms with Gasteiger partial charge in [0.2, 0.25) is 0 Å². The third kappa shape index (κ3) is 3.21. The van der Waals surface area contributed by atoms with Gasteiger partial charge in [0, 0.05) is 6.07 Å². The van der Waals surface area contributed by atoms with E-state index in [-0.39, 0.29) is 11.5 Å². The van der Waals surface area contributed by atoms with E-state index in [4.69, 9.17) is 4.52 Å². The lowest BCUT2D eigenvalue weighted by Gasteiger charge is -2.20. The van der Waals surface area contributed by atoms with Crippen LogP contribution >= 0.6 is 0 Å². The molecule has 2 rings (SSSR count). The number of rotatable bonds is 4. The maximum atomic E-state index is 12.8. The highest BCUT2D eigenvalue weighted by molar-refractivity contribution is 5.92. The SMILES string of the molecule is Cc1cc(C(=O)NC(C)C(O)c2ccc(F)cc2)no1. The van der Waals surface area contributed by atoms with Crippen molar-refractivity contribution in [3.8, 4) is 0 Å². The second kappa shape index (κ2) is 5.83. The van der Waals surface area contributed by atoms with Gasteiger partial charge in [0.05, 0.1) is 12.1 Å². The normalized spacial score (nSPS) is 13.8. The molecule has 2 unspecified atom stereocenters. The summed E-state index contributed by atoms with van der Waals surface area (Å²) in [6.07, 6.45) is -0.937. The molecule has 0 aliphatic carbocycles.